The molecule has 10 heteroatoms. The van der Waals surface area contributed by atoms with E-state index in [1.54, 1.807) is 34.9 Å². The first-order chi connectivity index (χ1) is 14.2. The van der Waals surface area contributed by atoms with E-state index < -0.39 is 10.7 Å². The molecule has 1 heterocycles. The number of anilines is 1. The molecule has 0 unspecified atom stereocenters. The summed E-state index contributed by atoms with van der Waals surface area (Å²) in [6.45, 7) is 1.06. The van der Waals surface area contributed by atoms with Crippen molar-refractivity contribution in [3.05, 3.63) is 68.5 Å². The molecule has 0 radical (unpaired) electrons. The minimum Gasteiger partial charge on any atom is -0.377 e. The number of amides is 2. The van der Waals surface area contributed by atoms with Gasteiger partial charge >= 0.3 is 0 Å². The molecular formula is C20H20ClFN4O4. The van der Waals surface area contributed by atoms with Crippen molar-refractivity contribution in [2.45, 2.75) is 0 Å². The summed E-state index contributed by atoms with van der Waals surface area (Å²) in [5.74, 6) is -1.20. The first-order valence-electron chi connectivity index (χ1n) is 9.18. The average molecular weight is 435 g/mol. The molecule has 1 fully saturated rings. The molecule has 1 saturated heterocycles. The third-order valence-corrected chi connectivity index (χ3v) is 5.23. The van der Waals surface area contributed by atoms with E-state index >= 15 is 0 Å². The van der Waals surface area contributed by atoms with Crippen molar-refractivity contribution in [3.8, 4) is 0 Å². The lowest BCUT2D eigenvalue weighted by molar-refractivity contribution is -0.384. The van der Waals surface area contributed by atoms with Crippen molar-refractivity contribution < 1.29 is 18.9 Å². The zero-order valence-corrected chi connectivity index (χ0v) is 17.2. The van der Waals surface area contributed by atoms with Crippen LogP contribution in [0.25, 0.3) is 0 Å². The topological polar surface area (TPSA) is 87.0 Å². The highest BCUT2D eigenvalue weighted by Gasteiger charge is 2.28. The molecule has 3 rings (SSSR count). The number of nitro groups is 1. The number of piperazine rings is 1. The molecule has 0 spiro atoms. The van der Waals surface area contributed by atoms with Crippen LogP contribution in [-0.2, 0) is 0 Å². The number of non-ortho nitro benzene ring substituents is 1. The molecule has 8 nitrogen and oxygen atoms in total. The summed E-state index contributed by atoms with van der Waals surface area (Å²) < 4.78 is 13.2. The number of hydrogen-bond acceptors (Lipinski definition) is 5. The number of nitrogens with zero attached hydrogens (tertiary/aromatic N) is 4. The molecule has 158 valence electrons. The number of carbonyl (C=O) groups is 2. The van der Waals surface area contributed by atoms with E-state index in [0.717, 1.165) is 6.07 Å². The van der Waals surface area contributed by atoms with E-state index in [2.05, 4.69) is 0 Å². The second-order valence-electron chi connectivity index (χ2n) is 7.06. The van der Waals surface area contributed by atoms with E-state index in [1.165, 1.54) is 24.3 Å². The van der Waals surface area contributed by atoms with E-state index in [4.69, 9.17) is 11.6 Å². The molecule has 0 atom stereocenters. The van der Waals surface area contributed by atoms with Gasteiger partial charge in [-0.15, -0.1) is 0 Å². The lowest BCUT2D eigenvalue weighted by Crippen LogP contribution is -2.50. The molecule has 0 N–H and O–H groups in total. The molecule has 2 aromatic rings. The first-order valence-corrected chi connectivity index (χ1v) is 9.56. The van der Waals surface area contributed by atoms with Crippen LogP contribution in [0.2, 0.25) is 5.02 Å². The van der Waals surface area contributed by atoms with Crippen LogP contribution in [-0.4, -0.2) is 66.8 Å². The van der Waals surface area contributed by atoms with E-state index in [1.807, 2.05) is 0 Å². The second kappa shape index (κ2) is 8.66. The smallest absolute Gasteiger partial charge is 0.270 e. The summed E-state index contributed by atoms with van der Waals surface area (Å²) in [4.78, 5) is 41.1. The van der Waals surface area contributed by atoms with Crippen molar-refractivity contribution in [3.63, 3.8) is 0 Å². The Bertz CT molecular complexity index is 1010. The van der Waals surface area contributed by atoms with Gasteiger partial charge in [-0.25, -0.2) is 4.39 Å². The summed E-state index contributed by atoms with van der Waals surface area (Å²) in [6.07, 6.45) is 0. The Hall–Kier alpha value is -3.20. The predicted octanol–water partition coefficient (Wildman–Crippen LogP) is 3.05. The van der Waals surface area contributed by atoms with Gasteiger partial charge in [0.25, 0.3) is 17.5 Å². The van der Waals surface area contributed by atoms with Crippen LogP contribution in [0.4, 0.5) is 15.8 Å². The molecule has 30 heavy (non-hydrogen) atoms. The van der Waals surface area contributed by atoms with E-state index in [9.17, 15) is 24.1 Å². The standard InChI is InChI=1S/C20H20ClFN4O4/c1-23(2)18-6-4-14(26(29)30)12-16(18)20(28)25-9-7-24(8-10-25)19(27)15-5-3-13(22)11-17(15)21/h3-6,11-12H,7-10H2,1-2H3. The predicted molar refractivity (Wildman–Crippen MR) is 111 cm³/mol. The number of benzene rings is 2. The molecule has 2 amide bonds. The second-order valence-corrected chi connectivity index (χ2v) is 7.47. The molecular weight excluding hydrogens is 415 g/mol. The number of halogens is 2. The van der Waals surface area contributed by atoms with Gasteiger partial charge in [-0.1, -0.05) is 11.6 Å². The first kappa shape index (κ1) is 21.5. The minimum atomic E-state index is -0.542. The van der Waals surface area contributed by atoms with Crippen LogP contribution in [0.1, 0.15) is 20.7 Å². The van der Waals surface area contributed by atoms with Gasteiger partial charge in [0.15, 0.2) is 0 Å². The Balaban J connectivity index is 1.75. The highest BCUT2D eigenvalue weighted by Crippen LogP contribution is 2.26. The highest BCUT2D eigenvalue weighted by atomic mass is 35.5. The Morgan fingerprint density at radius 3 is 2.07 bits per heavy atom. The summed E-state index contributed by atoms with van der Waals surface area (Å²) in [5.41, 5.74) is 0.841. The van der Waals surface area contributed by atoms with Crippen LogP contribution < -0.4 is 4.90 Å². The lowest BCUT2D eigenvalue weighted by atomic mass is 10.1. The Morgan fingerprint density at radius 1 is 1.00 bits per heavy atom. The lowest BCUT2D eigenvalue weighted by Gasteiger charge is -2.35. The van der Waals surface area contributed by atoms with Crippen LogP contribution in [0.3, 0.4) is 0 Å². The Labute approximate surface area is 177 Å². The largest absolute Gasteiger partial charge is 0.377 e. The van der Waals surface area contributed by atoms with E-state index in [0.29, 0.717) is 5.69 Å². The fraction of sp³-hybridized carbons (Fsp3) is 0.300. The van der Waals surface area contributed by atoms with Crippen LogP contribution in [0, 0.1) is 15.9 Å². The molecule has 0 saturated carbocycles. The average Bonchev–Trinajstić information content (AvgIpc) is 2.72. The van der Waals surface area contributed by atoms with Crippen molar-refractivity contribution in [1.29, 1.82) is 0 Å². The molecule has 1 aliphatic heterocycles. The molecule has 0 bridgehead atoms. The maximum atomic E-state index is 13.2. The van der Waals surface area contributed by atoms with Gasteiger partial charge in [-0.05, 0) is 24.3 Å². The number of nitro benzene ring substituents is 1. The summed E-state index contributed by atoms with van der Waals surface area (Å²) >= 11 is 5.98. The fourth-order valence-electron chi connectivity index (χ4n) is 3.32. The quantitative estimate of drug-likeness (QED) is 0.545. The monoisotopic (exact) mass is 434 g/mol. The van der Waals surface area contributed by atoms with Crippen molar-refractivity contribution in [2.75, 3.05) is 45.2 Å². The Morgan fingerprint density at radius 2 is 1.57 bits per heavy atom. The minimum absolute atomic E-state index is 0.0331. The van der Waals surface area contributed by atoms with Gasteiger partial charge < -0.3 is 14.7 Å². The van der Waals surface area contributed by atoms with Gasteiger partial charge in [-0.3, -0.25) is 19.7 Å². The van der Waals surface area contributed by atoms with Gasteiger partial charge in [0.1, 0.15) is 5.82 Å². The normalized spacial score (nSPS) is 13.9. The summed E-state index contributed by atoms with van der Waals surface area (Å²) in [5, 5.41) is 11.2. The zero-order chi connectivity index (χ0) is 22.0. The van der Waals surface area contributed by atoms with Crippen LogP contribution in [0.5, 0.6) is 0 Å². The van der Waals surface area contributed by atoms with Gasteiger partial charge in [0, 0.05) is 58.1 Å². The maximum Gasteiger partial charge on any atom is 0.270 e. The SMILES string of the molecule is CN(C)c1ccc([N+](=O)[O-])cc1C(=O)N1CCN(C(=O)c2ccc(F)cc2Cl)CC1. The third-order valence-electron chi connectivity index (χ3n) is 4.92. The highest BCUT2D eigenvalue weighted by molar-refractivity contribution is 6.33. The Kier molecular flexibility index (Phi) is 6.21. The zero-order valence-electron chi connectivity index (χ0n) is 16.5. The molecule has 0 aliphatic carbocycles. The number of rotatable bonds is 4. The van der Waals surface area contributed by atoms with E-state index in [-0.39, 0.29) is 59.8 Å². The maximum absolute atomic E-state index is 13.2. The van der Waals surface area contributed by atoms with Crippen molar-refractivity contribution in [2.24, 2.45) is 0 Å². The van der Waals surface area contributed by atoms with Gasteiger partial charge in [-0.2, -0.15) is 0 Å². The van der Waals surface area contributed by atoms with Crippen LogP contribution >= 0.6 is 11.6 Å². The van der Waals surface area contributed by atoms with Crippen molar-refractivity contribution >= 4 is 34.8 Å². The summed E-state index contributed by atoms with van der Waals surface area (Å²) in [7, 11) is 3.50. The van der Waals surface area contributed by atoms with Crippen LogP contribution in [0.15, 0.2) is 36.4 Å². The van der Waals surface area contributed by atoms with Crippen molar-refractivity contribution in [1.82, 2.24) is 9.80 Å². The number of hydrogen-bond donors (Lipinski definition) is 0. The fourth-order valence-corrected chi connectivity index (χ4v) is 3.56. The molecule has 2 aromatic carbocycles. The third kappa shape index (κ3) is 4.35. The van der Waals surface area contributed by atoms with Gasteiger partial charge in [0.2, 0.25) is 0 Å². The molecule has 0 aromatic heterocycles. The molecule has 1 aliphatic rings. The van der Waals surface area contributed by atoms with Gasteiger partial charge in [0.05, 0.1) is 21.1 Å². The number of carbonyl (C=O) groups excluding carboxylic acids is 2. The summed E-state index contributed by atoms with van der Waals surface area (Å²) in [6, 6.07) is 7.76.